The molecule has 1 aromatic carbocycles. The summed E-state index contributed by atoms with van der Waals surface area (Å²) in [6, 6.07) is 5.30. The van der Waals surface area contributed by atoms with Crippen molar-refractivity contribution in [2.75, 3.05) is 26.3 Å². The van der Waals surface area contributed by atoms with Gasteiger partial charge in [0.15, 0.2) is 0 Å². The molecule has 0 saturated heterocycles. The maximum Gasteiger partial charge on any atom is 0.407 e. The molecule has 0 spiro atoms. The number of nitrogens with zero attached hydrogens (tertiary/aromatic N) is 3. The van der Waals surface area contributed by atoms with Gasteiger partial charge in [-0.15, -0.1) is 0 Å². The molecule has 4 amide bonds. The fourth-order valence-corrected chi connectivity index (χ4v) is 3.24. The number of unbranched alkanes of at least 4 members (excludes halogenated alkanes) is 1. The maximum atomic E-state index is 13.1. The van der Waals surface area contributed by atoms with Gasteiger partial charge in [0.05, 0.1) is 13.2 Å². The summed E-state index contributed by atoms with van der Waals surface area (Å²) >= 11 is 0. The van der Waals surface area contributed by atoms with Gasteiger partial charge in [0.2, 0.25) is 11.8 Å². The minimum absolute atomic E-state index is 0.0603. The Morgan fingerprint density at radius 2 is 1.73 bits per heavy atom. The summed E-state index contributed by atoms with van der Waals surface area (Å²) < 4.78 is 9.58. The van der Waals surface area contributed by atoms with Gasteiger partial charge in [-0.3, -0.25) is 9.59 Å². The zero-order valence-corrected chi connectivity index (χ0v) is 22.2. The van der Waals surface area contributed by atoms with E-state index in [4.69, 9.17) is 15.0 Å². The number of benzene rings is 1. The predicted molar refractivity (Wildman–Crippen MR) is 143 cm³/mol. The molecule has 0 aliphatic rings. The van der Waals surface area contributed by atoms with Crippen LogP contribution < -0.4 is 21.3 Å². The van der Waals surface area contributed by atoms with Crippen LogP contribution in [0.4, 0.5) is 9.59 Å². The van der Waals surface area contributed by atoms with E-state index < -0.39 is 48.1 Å². The number of carbonyl (C=O) groups is 5. The summed E-state index contributed by atoms with van der Waals surface area (Å²) in [6.45, 7) is 4.87. The highest BCUT2D eigenvalue weighted by atomic mass is 16.6. The second-order valence-corrected chi connectivity index (χ2v) is 8.42. The molecule has 218 valence electrons. The summed E-state index contributed by atoms with van der Waals surface area (Å²) in [5.41, 5.74) is 8.95. The summed E-state index contributed by atoms with van der Waals surface area (Å²) in [4.78, 5) is 63.5. The Labute approximate surface area is 231 Å². The summed E-state index contributed by atoms with van der Waals surface area (Å²) in [6.07, 6.45) is 0.838. The number of azide groups is 1. The fraction of sp³-hybridized carbons (Fsp3) is 0.480. The Hall–Kier alpha value is -4.78. The van der Waals surface area contributed by atoms with Gasteiger partial charge in [-0.2, -0.15) is 0 Å². The molecule has 0 aromatic heterocycles. The first-order valence-electron chi connectivity index (χ1n) is 12.5. The third kappa shape index (κ3) is 14.2. The molecule has 15 heteroatoms. The standard InChI is InChI=1S/C25H35N7O8/c1-3-14-39-24(37)27-12-8-7-11-19(23(35)36)30-22(34)20(16-18-9-5-4-6-10-18)31-21(33)17(2)29-25(38)40-15-13-28-32-26/h3-6,9-10,17,19-20H,1,7-8,11-16H2,2H3,(H,27,37)(H,29,38)(H,30,34)(H,31,33)(H,35,36)/t17-,19+,20+/m1/s1. The van der Waals surface area contributed by atoms with E-state index in [0.29, 0.717) is 18.4 Å². The molecule has 1 rings (SSSR count). The Bertz CT molecular complexity index is 1050. The van der Waals surface area contributed by atoms with Crippen molar-refractivity contribution in [1.29, 1.82) is 0 Å². The Balaban J connectivity index is 2.75. The molecule has 0 saturated carbocycles. The van der Waals surface area contributed by atoms with E-state index in [0.717, 1.165) is 0 Å². The first-order valence-corrected chi connectivity index (χ1v) is 12.5. The van der Waals surface area contributed by atoms with Crippen LogP contribution in [0.25, 0.3) is 10.4 Å². The number of carbonyl (C=O) groups excluding carboxylic acids is 4. The Morgan fingerprint density at radius 3 is 2.38 bits per heavy atom. The van der Waals surface area contributed by atoms with Crippen LogP contribution in [0.5, 0.6) is 0 Å². The molecule has 0 fully saturated rings. The van der Waals surface area contributed by atoms with Crippen LogP contribution in [-0.2, 0) is 30.3 Å². The SMILES string of the molecule is C=CCOC(=O)NCCCC[C@H](NC(=O)[C@H](Cc1ccccc1)NC(=O)[C@@H](C)NC(=O)OCCN=[N+]=[N-])C(=O)O. The molecule has 0 aliphatic heterocycles. The molecule has 5 N–H and O–H groups in total. The maximum absolute atomic E-state index is 13.1. The third-order valence-corrected chi connectivity index (χ3v) is 5.27. The van der Waals surface area contributed by atoms with Crippen molar-refractivity contribution in [3.63, 3.8) is 0 Å². The van der Waals surface area contributed by atoms with Crippen molar-refractivity contribution < 1.29 is 38.6 Å². The molecular formula is C25H35N7O8. The van der Waals surface area contributed by atoms with E-state index in [1.807, 2.05) is 0 Å². The highest BCUT2D eigenvalue weighted by Gasteiger charge is 2.28. The molecule has 1 aromatic rings. The van der Waals surface area contributed by atoms with Crippen molar-refractivity contribution in [2.45, 2.75) is 50.7 Å². The molecule has 3 atom stereocenters. The number of ether oxygens (including phenoxy) is 2. The summed E-state index contributed by atoms with van der Waals surface area (Å²) in [5, 5.41) is 22.7. The second kappa shape index (κ2) is 19.3. The van der Waals surface area contributed by atoms with Crippen LogP contribution in [0, 0.1) is 0 Å². The van der Waals surface area contributed by atoms with Gasteiger partial charge in [-0.25, -0.2) is 14.4 Å². The fourth-order valence-electron chi connectivity index (χ4n) is 3.24. The quantitative estimate of drug-likeness (QED) is 0.0583. The van der Waals surface area contributed by atoms with Crippen LogP contribution in [0.15, 0.2) is 48.1 Å². The molecule has 0 bridgehead atoms. The molecule has 0 heterocycles. The number of hydrogen-bond donors (Lipinski definition) is 5. The highest BCUT2D eigenvalue weighted by molar-refractivity contribution is 5.92. The van der Waals surface area contributed by atoms with Crippen LogP contribution in [0.3, 0.4) is 0 Å². The topological polar surface area (TPSA) is 221 Å². The molecule has 15 nitrogen and oxygen atoms in total. The van der Waals surface area contributed by atoms with E-state index in [-0.39, 0.29) is 39.1 Å². The van der Waals surface area contributed by atoms with E-state index in [9.17, 15) is 29.1 Å². The lowest BCUT2D eigenvalue weighted by Crippen LogP contribution is -2.55. The number of aliphatic carboxylic acids is 1. The monoisotopic (exact) mass is 561 g/mol. The number of rotatable bonds is 18. The van der Waals surface area contributed by atoms with E-state index in [1.54, 1.807) is 30.3 Å². The normalized spacial score (nSPS) is 12.3. The second-order valence-electron chi connectivity index (χ2n) is 8.42. The van der Waals surface area contributed by atoms with E-state index >= 15 is 0 Å². The lowest BCUT2D eigenvalue weighted by atomic mass is 10.0. The minimum Gasteiger partial charge on any atom is -0.480 e. The predicted octanol–water partition coefficient (Wildman–Crippen LogP) is 1.79. The Morgan fingerprint density at radius 1 is 1.02 bits per heavy atom. The Kier molecular flexibility index (Phi) is 16.1. The van der Waals surface area contributed by atoms with Gasteiger partial charge in [0, 0.05) is 17.9 Å². The summed E-state index contributed by atoms with van der Waals surface area (Å²) in [7, 11) is 0. The van der Waals surface area contributed by atoms with Crippen molar-refractivity contribution in [3.8, 4) is 0 Å². The lowest BCUT2D eigenvalue weighted by molar-refractivity contribution is -0.142. The van der Waals surface area contributed by atoms with Gasteiger partial charge >= 0.3 is 18.2 Å². The van der Waals surface area contributed by atoms with Crippen LogP contribution >= 0.6 is 0 Å². The average Bonchev–Trinajstić information content (AvgIpc) is 2.93. The summed E-state index contributed by atoms with van der Waals surface area (Å²) in [5.74, 6) is -2.68. The molecule has 0 unspecified atom stereocenters. The molecule has 0 aliphatic carbocycles. The van der Waals surface area contributed by atoms with Gasteiger partial charge in [-0.05, 0) is 37.3 Å². The first kappa shape index (κ1) is 33.2. The van der Waals surface area contributed by atoms with E-state index in [1.165, 1.54) is 13.0 Å². The van der Waals surface area contributed by atoms with E-state index in [2.05, 4.69) is 37.9 Å². The van der Waals surface area contributed by atoms with Crippen molar-refractivity contribution in [3.05, 3.63) is 59.0 Å². The van der Waals surface area contributed by atoms with Gasteiger partial charge in [0.25, 0.3) is 0 Å². The molecule has 0 radical (unpaired) electrons. The van der Waals surface area contributed by atoms with Gasteiger partial charge in [-0.1, -0.05) is 48.1 Å². The lowest BCUT2D eigenvalue weighted by Gasteiger charge is -2.23. The number of nitrogens with one attached hydrogen (secondary N) is 4. The van der Waals surface area contributed by atoms with Gasteiger partial charge < -0.3 is 35.8 Å². The van der Waals surface area contributed by atoms with Crippen LogP contribution in [0.2, 0.25) is 0 Å². The number of alkyl carbamates (subject to hydrolysis) is 2. The third-order valence-electron chi connectivity index (χ3n) is 5.27. The van der Waals surface area contributed by atoms with Crippen molar-refractivity contribution in [1.82, 2.24) is 21.3 Å². The van der Waals surface area contributed by atoms with Crippen molar-refractivity contribution >= 4 is 30.0 Å². The number of hydrogen-bond acceptors (Lipinski definition) is 8. The van der Waals surface area contributed by atoms with Crippen LogP contribution in [-0.4, -0.2) is 79.5 Å². The average molecular weight is 562 g/mol. The minimum atomic E-state index is -1.25. The number of amides is 4. The zero-order chi connectivity index (χ0) is 29.8. The number of carboxylic acids is 1. The molecular weight excluding hydrogens is 526 g/mol. The van der Waals surface area contributed by atoms with Crippen LogP contribution in [0.1, 0.15) is 31.7 Å². The smallest absolute Gasteiger partial charge is 0.407 e. The zero-order valence-electron chi connectivity index (χ0n) is 22.2. The van der Waals surface area contributed by atoms with Crippen molar-refractivity contribution in [2.24, 2.45) is 5.11 Å². The highest BCUT2D eigenvalue weighted by Crippen LogP contribution is 2.07. The number of carboxylic acid groups (broad SMARTS) is 1. The first-order chi connectivity index (χ1) is 19.2. The largest absolute Gasteiger partial charge is 0.480 e. The van der Waals surface area contributed by atoms with Gasteiger partial charge in [0.1, 0.15) is 24.7 Å². The molecule has 40 heavy (non-hydrogen) atoms.